The van der Waals surface area contributed by atoms with E-state index in [1.165, 1.54) is 18.1 Å². The SMILES string of the molecule is CC(=O)c1ccc(NC(=O)CN2CCCc3cc(C)ccc32)cc1. The molecule has 0 aliphatic carbocycles. The van der Waals surface area contributed by atoms with Crippen molar-refractivity contribution in [2.75, 3.05) is 23.3 Å². The summed E-state index contributed by atoms with van der Waals surface area (Å²) in [5.41, 5.74) is 5.10. The summed E-state index contributed by atoms with van der Waals surface area (Å²) in [6, 6.07) is 13.4. The number of carbonyl (C=O) groups excluding carboxylic acids is 2. The number of benzene rings is 2. The van der Waals surface area contributed by atoms with Crippen molar-refractivity contribution in [3.63, 3.8) is 0 Å². The average molecular weight is 322 g/mol. The molecule has 2 aromatic carbocycles. The van der Waals surface area contributed by atoms with Crippen LogP contribution in [0, 0.1) is 6.92 Å². The van der Waals surface area contributed by atoms with Crippen LogP contribution < -0.4 is 10.2 Å². The molecule has 0 spiro atoms. The minimum absolute atomic E-state index is 0.0214. The van der Waals surface area contributed by atoms with Crippen LogP contribution in [0.25, 0.3) is 0 Å². The Morgan fingerprint density at radius 2 is 1.88 bits per heavy atom. The summed E-state index contributed by atoms with van der Waals surface area (Å²) in [7, 11) is 0. The number of rotatable bonds is 4. The topological polar surface area (TPSA) is 49.4 Å². The Morgan fingerprint density at radius 1 is 1.12 bits per heavy atom. The molecular weight excluding hydrogens is 300 g/mol. The number of amides is 1. The predicted octanol–water partition coefficient (Wildman–Crippen LogP) is 3.59. The first-order valence-electron chi connectivity index (χ1n) is 8.28. The van der Waals surface area contributed by atoms with Gasteiger partial charge in [-0.3, -0.25) is 9.59 Å². The predicted molar refractivity (Wildman–Crippen MR) is 96.8 cm³/mol. The highest BCUT2D eigenvalue weighted by Gasteiger charge is 2.19. The van der Waals surface area contributed by atoms with E-state index < -0.39 is 0 Å². The molecule has 4 heteroatoms. The molecule has 0 aromatic heterocycles. The number of hydrogen-bond acceptors (Lipinski definition) is 3. The molecule has 1 heterocycles. The zero-order chi connectivity index (χ0) is 17.1. The number of aryl methyl sites for hydroxylation is 2. The molecule has 124 valence electrons. The van der Waals surface area contributed by atoms with Gasteiger partial charge in [0.1, 0.15) is 0 Å². The third-order valence-electron chi connectivity index (χ3n) is 4.36. The standard InChI is InChI=1S/C20H22N2O2/c1-14-5-10-19-17(12-14)4-3-11-22(19)13-20(24)21-18-8-6-16(7-9-18)15(2)23/h5-10,12H,3-4,11,13H2,1-2H3,(H,21,24). The fourth-order valence-electron chi connectivity index (χ4n) is 3.13. The Labute approximate surface area is 142 Å². The lowest BCUT2D eigenvalue weighted by Crippen LogP contribution is -2.36. The van der Waals surface area contributed by atoms with Crippen LogP contribution in [0.1, 0.15) is 34.8 Å². The number of fused-ring (bicyclic) bond motifs is 1. The van der Waals surface area contributed by atoms with Gasteiger partial charge in [0, 0.05) is 23.5 Å². The smallest absolute Gasteiger partial charge is 0.243 e. The van der Waals surface area contributed by atoms with E-state index in [0.29, 0.717) is 17.8 Å². The second-order valence-corrected chi connectivity index (χ2v) is 6.34. The summed E-state index contributed by atoms with van der Waals surface area (Å²) in [5, 5.41) is 2.91. The fraction of sp³-hybridized carbons (Fsp3) is 0.300. The highest BCUT2D eigenvalue weighted by molar-refractivity contribution is 5.96. The van der Waals surface area contributed by atoms with Crippen LogP contribution in [0.2, 0.25) is 0 Å². The number of anilines is 2. The summed E-state index contributed by atoms with van der Waals surface area (Å²) in [5.74, 6) is -0.0212. The number of hydrogen-bond donors (Lipinski definition) is 1. The summed E-state index contributed by atoms with van der Waals surface area (Å²) in [4.78, 5) is 25.8. The molecule has 24 heavy (non-hydrogen) atoms. The molecule has 0 radical (unpaired) electrons. The van der Waals surface area contributed by atoms with E-state index >= 15 is 0 Å². The first kappa shape index (κ1) is 16.2. The quantitative estimate of drug-likeness (QED) is 0.875. The third-order valence-corrected chi connectivity index (χ3v) is 4.36. The van der Waals surface area contributed by atoms with E-state index in [2.05, 4.69) is 35.3 Å². The van der Waals surface area contributed by atoms with Gasteiger partial charge in [-0.25, -0.2) is 0 Å². The molecule has 1 amide bonds. The minimum atomic E-state index is -0.0426. The highest BCUT2D eigenvalue weighted by Crippen LogP contribution is 2.27. The monoisotopic (exact) mass is 322 g/mol. The summed E-state index contributed by atoms with van der Waals surface area (Å²) in [6.07, 6.45) is 2.14. The lowest BCUT2D eigenvalue weighted by molar-refractivity contribution is -0.115. The zero-order valence-corrected chi connectivity index (χ0v) is 14.1. The zero-order valence-electron chi connectivity index (χ0n) is 14.1. The average Bonchev–Trinajstić information content (AvgIpc) is 2.55. The maximum atomic E-state index is 12.4. The van der Waals surface area contributed by atoms with Crippen molar-refractivity contribution in [1.29, 1.82) is 0 Å². The van der Waals surface area contributed by atoms with Gasteiger partial charge < -0.3 is 10.2 Å². The van der Waals surface area contributed by atoms with E-state index in [4.69, 9.17) is 0 Å². The molecule has 2 aromatic rings. The van der Waals surface area contributed by atoms with E-state index in [1.807, 2.05) is 0 Å². The Bertz CT molecular complexity index is 766. The first-order valence-corrected chi connectivity index (χ1v) is 8.28. The Morgan fingerprint density at radius 3 is 2.58 bits per heavy atom. The van der Waals surface area contributed by atoms with Gasteiger partial charge >= 0.3 is 0 Å². The lowest BCUT2D eigenvalue weighted by Gasteiger charge is -2.31. The molecule has 1 aliphatic rings. The summed E-state index contributed by atoms with van der Waals surface area (Å²) in [6.45, 7) is 4.86. The molecule has 1 aliphatic heterocycles. The van der Waals surface area contributed by atoms with Gasteiger partial charge in [-0.15, -0.1) is 0 Å². The molecule has 1 N–H and O–H groups in total. The maximum Gasteiger partial charge on any atom is 0.243 e. The molecule has 0 bridgehead atoms. The Hall–Kier alpha value is -2.62. The minimum Gasteiger partial charge on any atom is -0.362 e. The van der Waals surface area contributed by atoms with Crippen molar-refractivity contribution in [3.05, 3.63) is 59.2 Å². The normalized spacial score (nSPS) is 13.3. The molecule has 4 nitrogen and oxygen atoms in total. The number of nitrogens with one attached hydrogen (secondary N) is 1. The van der Waals surface area contributed by atoms with Crippen LogP contribution in [0.5, 0.6) is 0 Å². The van der Waals surface area contributed by atoms with Crippen LogP contribution in [-0.4, -0.2) is 24.8 Å². The van der Waals surface area contributed by atoms with E-state index in [1.54, 1.807) is 24.3 Å². The second-order valence-electron chi connectivity index (χ2n) is 6.34. The molecule has 0 saturated heterocycles. The van der Waals surface area contributed by atoms with Gasteiger partial charge in [0.15, 0.2) is 5.78 Å². The molecular formula is C20H22N2O2. The van der Waals surface area contributed by atoms with Crippen molar-refractivity contribution in [2.24, 2.45) is 0 Å². The highest BCUT2D eigenvalue weighted by atomic mass is 16.2. The van der Waals surface area contributed by atoms with Gasteiger partial charge in [-0.05, 0) is 62.6 Å². The van der Waals surface area contributed by atoms with Crippen LogP contribution in [0.15, 0.2) is 42.5 Å². The number of nitrogens with zero attached hydrogens (tertiary/aromatic N) is 1. The van der Waals surface area contributed by atoms with Crippen molar-refractivity contribution < 1.29 is 9.59 Å². The van der Waals surface area contributed by atoms with Gasteiger partial charge in [0.25, 0.3) is 0 Å². The van der Waals surface area contributed by atoms with Crippen LogP contribution in [0.4, 0.5) is 11.4 Å². The summed E-state index contributed by atoms with van der Waals surface area (Å²) >= 11 is 0. The number of carbonyl (C=O) groups is 2. The van der Waals surface area contributed by atoms with Crippen LogP contribution >= 0.6 is 0 Å². The lowest BCUT2D eigenvalue weighted by atomic mass is 9.99. The number of ketones is 1. The van der Waals surface area contributed by atoms with Crippen molar-refractivity contribution in [1.82, 2.24) is 0 Å². The van der Waals surface area contributed by atoms with Gasteiger partial charge in [0.2, 0.25) is 5.91 Å². The molecule has 3 rings (SSSR count). The van der Waals surface area contributed by atoms with Crippen molar-refractivity contribution >= 4 is 23.1 Å². The Kier molecular flexibility index (Phi) is 4.65. The molecule has 0 saturated carbocycles. The molecule has 0 atom stereocenters. The van der Waals surface area contributed by atoms with Crippen LogP contribution in [-0.2, 0) is 11.2 Å². The third kappa shape index (κ3) is 3.65. The van der Waals surface area contributed by atoms with Crippen molar-refractivity contribution in [2.45, 2.75) is 26.7 Å². The summed E-state index contributed by atoms with van der Waals surface area (Å²) < 4.78 is 0. The fourth-order valence-corrected chi connectivity index (χ4v) is 3.13. The van der Waals surface area contributed by atoms with Gasteiger partial charge in [-0.2, -0.15) is 0 Å². The second kappa shape index (κ2) is 6.87. The van der Waals surface area contributed by atoms with Gasteiger partial charge in [0.05, 0.1) is 6.54 Å². The van der Waals surface area contributed by atoms with E-state index in [9.17, 15) is 9.59 Å². The van der Waals surface area contributed by atoms with E-state index in [-0.39, 0.29) is 11.7 Å². The van der Waals surface area contributed by atoms with Crippen molar-refractivity contribution in [3.8, 4) is 0 Å². The van der Waals surface area contributed by atoms with E-state index in [0.717, 1.165) is 25.1 Å². The number of Topliss-reactive ketones (excluding diaryl/α,β-unsaturated/α-hetero) is 1. The van der Waals surface area contributed by atoms with Gasteiger partial charge in [-0.1, -0.05) is 17.7 Å². The first-order chi connectivity index (χ1) is 11.5. The van der Waals surface area contributed by atoms with Crippen LogP contribution in [0.3, 0.4) is 0 Å². The molecule has 0 unspecified atom stereocenters. The maximum absolute atomic E-state index is 12.4. The largest absolute Gasteiger partial charge is 0.362 e. The molecule has 0 fully saturated rings. The Balaban J connectivity index is 1.66.